The summed E-state index contributed by atoms with van der Waals surface area (Å²) < 4.78 is 25.3. The number of ether oxygens (including phenoxy) is 4. The molecule has 14 heteroatoms. The van der Waals surface area contributed by atoms with E-state index < -0.39 is 42.7 Å². The summed E-state index contributed by atoms with van der Waals surface area (Å²) in [6, 6.07) is 25.4. The van der Waals surface area contributed by atoms with Gasteiger partial charge in [0, 0.05) is 17.4 Å². The number of nitrogens with zero attached hydrogens (tertiary/aromatic N) is 4. The Morgan fingerprint density at radius 2 is 1.67 bits per heavy atom. The van der Waals surface area contributed by atoms with E-state index in [-0.39, 0.29) is 23.9 Å². The van der Waals surface area contributed by atoms with Crippen LogP contribution in [-0.2, 0) is 14.2 Å². The number of hydrogen-bond acceptors (Lipinski definition) is 10. The lowest BCUT2D eigenvalue weighted by Crippen LogP contribution is -2.32. The summed E-state index contributed by atoms with van der Waals surface area (Å²) in [6.07, 6.45) is -0.668. The molecule has 240 valence electrons. The predicted molar refractivity (Wildman–Crippen MR) is 172 cm³/mol. The average Bonchev–Trinajstić information content (AvgIpc) is 3.82. The molecule has 3 aromatic carbocycles. The fourth-order valence-corrected chi connectivity index (χ4v) is 5.92. The minimum atomic E-state index is -1.16. The van der Waals surface area contributed by atoms with Crippen molar-refractivity contribution in [2.45, 2.75) is 30.7 Å². The highest BCUT2D eigenvalue weighted by Crippen LogP contribution is 2.46. The van der Waals surface area contributed by atoms with E-state index in [2.05, 4.69) is 35.6 Å². The number of carboxylic acid groups (broad SMARTS) is 1. The molecule has 0 radical (unpaired) electrons. The number of aromatic nitrogens is 5. The average molecular weight is 646 g/mol. The first-order valence-electron chi connectivity index (χ1n) is 15.1. The molecular weight excluding hydrogens is 618 g/mol. The normalized spacial score (nSPS) is 21.6. The molecule has 5 heterocycles. The minimum absolute atomic E-state index is 0.0397. The predicted octanol–water partition coefficient (Wildman–Crippen LogP) is 5.25. The number of hydrogen-bond donors (Lipinski definition) is 4. The Hall–Kier alpha value is -5.96. The lowest BCUT2D eigenvalue weighted by Gasteiger charge is -2.20. The molecule has 2 saturated heterocycles. The zero-order valence-corrected chi connectivity index (χ0v) is 25.0. The Bertz CT molecular complexity index is 2140. The number of aromatic amines is 1. The quantitative estimate of drug-likeness (QED) is 0.170. The lowest BCUT2D eigenvalue weighted by molar-refractivity contribution is -0.139. The summed E-state index contributed by atoms with van der Waals surface area (Å²) in [4.78, 5) is 45.0. The number of amides is 2. The van der Waals surface area contributed by atoms with Crippen LogP contribution >= 0.6 is 0 Å². The van der Waals surface area contributed by atoms with E-state index in [9.17, 15) is 14.7 Å². The standard InChI is InChI=1S/C34H27N7O7/c42-32(43)22-11-6-14-35-31(22)45-16-23-25-26(48-33(47-25)20-13-12-18-7-4-5-8-19(18)15-20)27(46-23)30-39-24-28(40-30)36-17-37-29(24)41-34(44)38-21-9-2-1-3-10-21/h1-15,17,23,25-27,33H,16H2,(H,42,43)(H3,36,37,38,39,40,41,44). The molecular formula is C34H27N7O7. The van der Waals surface area contributed by atoms with Gasteiger partial charge in [-0.2, -0.15) is 0 Å². The molecule has 2 aliphatic heterocycles. The Kier molecular flexibility index (Phi) is 7.57. The van der Waals surface area contributed by atoms with Crippen molar-refractivity contribution in [1.82, 2.24) is 24.9 Å². The molecule has 4 N–H and O–H groups in total. The van der Waals surface area contributed by atoms with Crippen LogP contribution < -0.4 is 15.4 Å². The maximum absolute atomic E-state index is 12.8. The van der Waals surface area contributed by atoms with Gasteiger partial charge in [-0.1, -0.05) is 54.6 Å². The summed E-state index contributed by atoms with van der Waals surface area (Å²) in [5.74, 6) is -0.609. The van der Waals surface area contributed by atoms with Crippen molar-refractivity contribution in [3.05, 3.63) is 114 Å². The van der Waals surface area contributed by atoms with Gasteiger partial charge in [0.1, 0.15) is 54.3 Å². The molecule has 48 heavy (non-hydrogen) atoms. The van der Waals surface area contributed by atoms with Crippen LogP contribution in [0, 0.1) is 0 Å². The van der Waals surface area contributed by atoms with Crippen LogP contribution in [0.5, 0.6) is 5.88 Å². The molecule has 0 bridgehead atoms. The molecule has 8 rings (SSSR count). The van der Waals surface area contributed by atoms with E-state index in [0.29, 0.717) is 22.7 Å². The highest BCUT2D eigenvalue weighted by molar-refractivity contribution is 6.02. The maximum Gasteiger partial charge on any atom is 0.341 e. The molecule has 3 aromatic heterocycles. The van der Waals surface area contributed by atoms with E-state index in [4.69, 9.17) is 18.9 Å². The van der Waals surface area contributed by atoms with Gasteiger partial charge in [-0.05, 0) is 41.1 Å². The Balaban J connectivity index is 1.08. The van der Waals surface area contributed by atoms with E-state index in [1.165, 1.54) is 24.7 Å². The number of anilines is 2. The Morgan fingerprint density at radius 1 is 0.854 bits per heavy atom. The highest BCUT2D eigenvalue weighted by atomic mass is 16.8. The van der Waals surface area contributed by atoms with E-state index in [1.54, 1.807) is 12.1 Å². The van der Waals surface area contributed by atoms with E-state index in [1.807, 2.05) is 60.7 Å². The zero-order valence-electron chi connectivity index (χ0n) is 25.0. The Labute approximate surface area is 272 Å². The third-order valence-electron chi connectivity index (χ3n) is 8.14. The third kappa shape index (κ3) is 5.64. The molecule has 5 unspecified atom stereocenters. The Morgan fingerprint density at radius 3 is 2.52 bits per heavy atom. The second-order valence-corrected chi connectivity index (χ2v) is 11.2. The summed E-state index contributed by atoms with van der Waals surface area (Å²) in [5, 5.41) is 17.2. The number of urea groups is 1. The van der Waals surface area contributed by atoms with Gasteiger partial charge < -0.3 is 34.4 Å². The summed E-state index contributed by atoms with van der Waals surface area (Å²) in [5.41, 5.74) is 2.06. The van der Waals surface area contributed by atoms with Crippen LogP contribution in [0.3, 0.4) is 0 Å². The van der Waals surface area contributed by atoms with Gasteiger partial charge in [0.2, 0.25) is 5.88 Å². The molecule has 0 spiro atoms. The number of benzene rings is 3. The third-order valence-corrected chi connectivity index (χ3v) is 8.14. The van der Waals surface area contributed by atoms with Crippen molar-refractivity contribution in [2.75, 3.05) is 17.2 Å². The van der Waals surface area contributed by atoms with Crippen LogP contribution in [-0.4, -0.2) is 66.9 Å². The van der Waals surface area contributed by atoms with E-state index in [0.717, 1.165) is 16.3 Å². The first-order chi connectivity index (χ1) is 23.5. The fraction of sp³-hybridized carbons (Fsp3) is 0.176. The largest absolute Gasteiger partial charge is 0.477 e. The second-order valence-electron chi connectivity index (χ2n) is 11.2. The first-order valence-corrected chi connectivity index (χ1v) is 15.1. The van der Waals surface area contributed by atoms with Crippen molar-refractivity contribution < 1.29 is 33.6 Å². The van der Waals surface area contributed by atoms with Gasteiger partial charge in [0.25, 0.3) is 0 Å². The molecule has 5 atom stereocenters. The van der Waals surface area contributed by atoms with Gasteiger partial charge in [-0.15, -0.1) is 0 Å². The highest BCUT2D eigenvalue weighted by Gasteiger charge is 2.54. The second kappa shape index (κ2) is 12.3. The van der Waals surface area contributed by atoms with Crippen molar-refractivity contribution in [2.24, 2.45) is 0 Å². The van der Waals surface area contributed by atoms with Crippen molar-refractivity contribution in [1.29, 1.82) is 0 Å². The van der Waals surface area contributed by atoms with Gasteiger partial charge >= 0.3 is 12.0 Å². The number of rotatable bonds is 8. The smallest absolute Gasteiger partial charge is 0.341 e. The summed E-state index contributed by atoms with van der Waals surface area (Å²) in [6.45, 7) is -0.0741. The molecule has 0 saturated carbocycles. The van der Waals surface area contributed by atoms with Crippen LogP contribution in [0.1, 0.15) is 34.1 Å². The van der Waals surface area contributed by atoms with Gasteiger partial charge in [0.15, 0.2) is 17.8 Å². The molecule has 2 fully saturated rings. The van der Waals surface area contributed by atoms with Gasteiger partial charge in [0.05, 0.1) is 0 Å². The van der Waals surface area contributed by atoms with Crippen molar-refractivity contribution >= 4 is 45.4 Å². The number of fused-ring (bicyclic) bond motifs is 3. The molecule has 2 amide bonds. The van der Waals surface area contributed by atoms with E-state index >= 15 is 0 Å². The van der Waals surface area contributed by atoms with Crippen LogP contribution in [0.4, 0.5) is 16.3 Å². The summed E-state index contributed by atoms with van der Waals surface area (Å²) >= 11 is 0. The number of carboxylic acids is 1. The number of nitrogens with one attached hydrogen (secondary N) is 3. The van der Waals surface area contributed by atoms with Crippen LogP contribution in [0.25, 0.3) is 21.9 Å². The van der Waals surface area contributed by atoms with Crippen LogP contribution in [0.15, 0.2) is 97.5 Å². The summed E-state index contributed by atoms with van der Waals surface area (Å²) in [7, 11) is 0. The first kappa shape index (κ1) is 29.4. The monoisotopic (exact) mass is 645 g/mol. The molecule has 6 aromatic rings. The number of aromatic carboxylic acids is 1. The van der Waals surface area contributed by atoms with Gasteiger partial charge in [-0.3, -0.25) is 5.32 Å². The number of H-pyrrole nitrogens is 1. The number of imidazole rings is 1. The number of para-hydroxylation sites is 1. The number of pyridine rings is 1. The van der Waals surface area contributed by atoms with Crippen molar-refractivity contribution in [3.8, 4) is 5.88 Å². The maximum atomic E-state index is 12.8. The van der Waals surface area contributed by atoms with Gasteiger partial charge in [-0.25, -0.2) is 29.5 Å². The minimum Gasteiger partial charge on any atom is -0.477 e. The fourth-order valence-electron chi connectivity index (χ4n) is 5.92. The zero-order chi connectivity index (χ0) is 32.6. The molecule has 2 aliphatic rings. The molecule has 0 aliphatic carbocycles. The number of carbonyl (C=O) groups is 2. The van der Waals surface area contributed by atoms with Crippen LogP contribution in [0.2, 0.25) is 0 Å². The topological polar surface area (TPSA) is 183 Å². The lowest BCUT2D eigenvalue weighted by atomic mass is 10.1. The molecule has 14 nitrogen and oxygen atoms in total. The van der Waals surface area contributed by atoms with Crippen molar-refractivity contribution in [3.63, 3.8) is 0 Å². The number of carbonyl (C=O) groups excluding carboxylic acids is 1. The SMILES string of the molecule is O=C(Nc1ccccc1)Nc1ncnc2nc(C3OC(COc4ncccc4C(=O)O)C4OC(c5ccc6ccccc6c5)OC34)[nH]c12.